The maximum Gasteiger partial charge on any atom is 2.00 e. The molecule has 0 radical (unpaired) electrons. The quantitative estimate of drug-likeness (QED) is 0.274. The average molecular weight is 112 g/mol. The van der Waals surface area contributed by atoms with Crippen LogP contribution in [-0.2, 0) is 0 Å². The third kappa shape index (κ3) is 8.82. The summed E-state index contributed by atoms with van der Waals surface area (Å²) in [6.45, 7) is 0. The minimum Gasteiger partial charge on any atom is -1.00 e. The first-order chi connectivity index (χ1) is 0. The van der Waals surface area contributed by atoms with E-state index in [1.165, 1.54) is 0 Å². The summed E-state index contributed by atoms with van der Waals surface area (Å²) in [6.07, 6.45) is 0. The molecular weight excluding hydrogens is 102 g/mol. The van der Waals surface area contributed by atoms with Crippen molar-refractivity contribution in [2.24, 2.45) is 0 Å². The van der Waals surface area contributed by atoms with E-state index in [0.29, 0.717) is 0 Å². The van der Waals surface area contributed by atoms with Gasteiger partial charge in [-0.3, -0.25) is 0 Å². The Morgan fingerprint density at radius 2 is 1.25 bits per heavy atom. The maximum absolute atomic E-state index is 0. The van der Waals surface area contributed by atoms with Crippen LogP contribution < -0.4 is 18.9 Å². The van der Waals surface area contributed by atoms with Crippen LogP contribution in [-0.4, -0.2) is 66.1 Å². The van der Waals surface area contributed by atoms with Gasteiger partial charge in [0.2, 0.25) is 0 Å². The van der Waals surface area contributed by atoms with Crippen LogP contribution in [0.4, 0.5) is 0 Å². The Balaban J connectivity index is 0. The predicted octanol–water partition coefficient (Wildman–Crippen LogP) is -5.67. The van der Waals surface area contributed by atoms with E-state index in [4.69, 9.17) is 0 Å². The summed E-state index contributed by atoms with van der Waals surface area (Å²) in [6, 6.07) is 0. The minimum absolute atomic E-state index is 0. The summed E-state index contributed by atoms with van der Waals surface area (Å²) in [5, 5.41) is 0. The normalized spacial score (nSPS) is 0. The molecule has 0 aromatic carbocycles. The van der Waals surface area contributed by atoms with Crippen molar-refractivity contribution in [2.75, 3.05) is 0 Å². The molecule has 0 unspecified atom stereocenters. The van der Waals surface area contributed by atoms with Crippen LogP contribution in [0.3, 0.4) is 0 Å². The van der Waals surface area contributed by atoms with Gasteiger partial charge in [0, 0.05) is 0 Å². The van der Waals surface area contributed by atoms with Gasteiger partial charge in [-0.2, -0.15) is 0 Å². The van der Waals surface area contributed by atoms with Crippen LogP contribution in [0.1, 0.15) is 4.28 Å². The molecular formula is H10AlCaLiSi. The summed E-state index contributed by atoms with van der Waals surface area (Å²) in [7, 11) is 0. The van der Waals surface area contributed by atoms with E-state index in [0.717, 1.165) is 0 Å². The Labute approximate surface area is 87.9 Å². The molecule has 4 heavy (non-hydrogen) atoms. The molecule has 0 heterocycles. The molecule has 0 N–H and O–H groups in total. The van der Waals surface area contributed by atoms with Crippen molar-refractivity contribution >= 4 is 66.1 Å². The van der Waals surface area contributed by atoms with Crippen LogP contribution in [0, 0.1) is 0 Å². The van der Waals surface area contributed by atoms with Crippen LogP contribution in [0.2, 0.25) is 0 Å². The van der Waals surface area contributed by atoms with E-state index in [9.17, 15) is 0 Å². The first-order valence-corrected chi connectivity index (χ1v) is 0. The molecule has 0 aliphatic heterocycles. The van der Waals surface area contributed by atoms with Crippen molar-refractivity contribution < 1.29 is 23.1 Å². The van der Waals surface area contributed by atoms with Gasteiger partial charge in [0.05, 0.1) is 0 Å². The van der Waals surface area contributed by atoms with Crippen molar-refractivity contribution in [2.45, 2.75) is 0 Å². The second-order valence-corrected chi connectivity index (χ2v) is 0. The van der Waals surface area contributed by atoms with Gasteiger partial charge in [-0.25, -0.2) is 0 Å². The molecule has 0 bridgehead atoms. The van der Waals surface area contributed by atoms with Crippen LogP contribution in [0.5, 0.6) is 0 Å². The Kier molecular flexibility index (Phi) is 134. The van der Waals surface area contributed by atoms with E-state index in [2.05, 4.69) is 0 Å². The fraction of sp³-hybridized carbons (Fsp3) is 0. The van der Waals surface area contributed by atoms with Crippen molar-refractivity contribution in [3.63, 3.8) is 0 Å². The summed E-state index contributed by atoms with van der Waals surface area (Å²) in [4.78, 5) is 0. The largest absolute Gasteiger partial charge is 2.00 e. The molecule has 0 aliphatic carbocycles. The SMILES string of the molecule is [AlH3].[Ca+2].[H-].[H-].[H-].[Li+].[SiH4]. The van der Waals surface area contributed by atoms with Gasteiger partial charge in [0.1, 0.15) is 0 Å². The third-order valence-corrected chi connectivity index (χ3v) is 0. The van der Waals surface area contributed by atoms with Gasteiger partial charge < -0.3 is 4.28 Å². The Bertz CT molecular complexity index is 14.9. The molecule has 0 amide bonds. The molecule has 0 aliphatic rings. The van der Waals surface area contributed by atoms with E-state index < -0.39 is 0 Å². The number of hydrogen-bond donors (Lipinski definition) is 0. The summed E-state index contributed by atoms with van der Waals surface area (Å²) < 4.78 is 0. The van der Waals surface area contributed by atoms with Crippen molar-refractivity contribution in [3.8, 4) is 0 Å². The summed E-state index contributed by atoms with van der Waals surface area (Å²) in [5.41, 5.74) is 0. The molecule has 20 valence electrons. The predicted molar refractivity (Wildman–Crippen MR) is 30.4 cm³/mol. The fourth-order valence-electron chi connectivity index (χ4n) is 0. The second-order valence-electron chi connectivity index (χ2n) is 0. The molecule has 0 rings (SSSR count). The molecule has 4 heteroatoms. The molecule has 0 fully saturated rings. The molecule has 0 atom stereocenters. The van der Waals surface area contributed by atoms with Gasteiger partial charge in [-0.05, 0) is 11.0 Å². The Hall–Kier alpha value is 2.61. The van der Waals surface area contributed by atoms with Gasteiger partial charge in [0.15, 0.2) is 17.4 Å². The van der Waals surface area contributed by atoms with Gasteiger partial charge >= 0.3 is 56.6 Å². The van der Waals surface area contributed by atoms with Crippen LogP contribution in [0.15, 0.2) is 0 Å². The molecule has 0 spiro atoms. The van der Waals surface area contributed by atoms with E-state index in [1.54, 1.807) is 0 Å². The van der Waals surface area contributed by atoms with Gasteiger partial charge in [-0.1, -0.05) is 0 Å². The molecule has 0 aromatic rings. The number of hydrogen-bond acceptors (Lipinski definition) is 0. The van der Waals surface area contributed by atoms with Crippen molar-refractivity contribution in [1.29, 1.82) is 0 Å². The van der Waals surface area contributed by atoms with Gasteiger partial charge in [-0.15, -0.1) is 0 Å². The smallest absolute Gasteiger partial charge is 1.00 e. The molecule has 0 saturated heterocycles. The molecule has 0 nitrogen and oxygen atoms in total. The van der Waals surface area contributed by atoms with Crippen molar-refractivity contribution in [3.05, 3.63) is 0 Å². The summed E-state index contributed by atoms with van der Waals surface area (Å²) >= 11 is 0. The minimum atomic E-state index is 0. The fourth-order valence-corrected chi connectivity index (χ4v) is 0. The zero-order valence-corrected chi connectivity index (χ0v) is 3.92. The number of rotatable bonds is 0. The first kappa shape index (κ1) is 30.6. The van der Waals surface area contributed by atoms with E-state index in [-0.39, 0.29) is 89.2 Å². The average Bonchev–Trinajstić information content (AvgIpc) is 0. The maximum atomic E-state index is 0. The third-order valence-electron chi connectivity index (χ3n) is 0. The van der Waals surface area contributed by atoms with E-state index >= 15 is 0 Å². The zero-order valence-electron chi connectivity index (χ0n) is 4.71. The zero-order chi connectivity index (χ0) is 0. The van der Waals surface area contributed by atoms with Crippen molar-refractivity contribution in [1.82, 2.24) is 0 Å². The topological polar surface area (TPSA) is 0 Å². The summed E-state index contributed by atoms with van der Waals surface area (Å²) in [5.74, 6) is 0. The van der Waals surface area contributed by atoms with Crippen LogP contribution >= 0.6 is 0 Å². The van der Waals surface area contributed by atoms with Gasteiger partial charge in [0.25, 0.3) is 0 Å². The standard InChI is InChI=1S/Al.Ca.Li.H4Si.6H/h;;;1H4;;;;;;/q;+2;+1;;;;;3*-1. The Morgan fingerprint density at radius 1 is 1.25 bits per heavy atom. The second kappa shape index (κ2) is 17.5. The Morgan fingerprint density at radius 3 is 1.25 bits per heavy atom. The molecule has 0 saturated carbocycles. The van der Waals surface area contributed by atoms with E-state index in [1.807, 2.05) is 0 Å². The first-order valence-electron chi connectivity index (χ1n) is 0. The monoisotopic (exact) mass is 112 g/mol. The molecule has 0 aromatic heterocycles. The van der Waals surface area contributed by atoms with Crippen LogP contribution in [0.25, 0.3) is 0 Å².